The third-order valence-corrected chi connectivity index (χ3v) is 9.85. The summed E-state index contributed by atoms with van der Waals surface area (Å²) in [5.74, 6) is -0.911. The number of aliphatic carboxylic acids is 2. The van der Waals surface area contributed by atoms with E-state index in [0.29, 0.717) is 6.42 Å². The van der Waals surface area contributed by atoms with Gasteiger partial charge in [-0.25, -0.2) is 0 Å². The van der Waals surface area contributed by atoms with E-state index in [4.69, 9.17) is 5.11 Å². The quantitative estimate of drug-likeness (QED) is 0.0727. The second-order valence-electron chi connectivity index (χ2n) is 13.6. The van der Waals surface area contributed by atoms with Crippen molar-refractivity contribution in [3.63, 3.8) is 0 Å². The van der Waals surface area contributed by atoms with Crippen LogP contribution in [0.2, 0.25) is 0 Å². The fourth-order valence-corrected chi connectivity index (χ4v) is 6.79. The molecule has 250 valence electrons. The summed E-state index contributed by atoms with van der Waals surface area (Å²) in [7, 11) is 0. The third-order valence-electron chi connectivity index (χ3n) is 9.85. The molecule has 1 atom stereocenters. The van der Waals surface area contributed by atoms with E-state index in [1.165, 1.54) is 148 Å². The fourth-order valence-electron chi connectivity index (χ4n) is 6.79. The molecule has 0 aromatic rings. The molecule has 4 heteroatoms. The van der Waals surface area contributed by atoms with Crippen molar-refractivity contribution in [2.24, 2.45) is 11.3 Å². The van der Waals surface area contributed by atoms with Gasteiger partial charge in [-0.3, -0.25) is 9.59 Å². The highest BCUT2D eigenvalue weighted by molar-refractivity contribution is 5.75. The van der Waals surface area contributed by atoms with Crippen LogP contribution in [-0.2, 0) is 9.59 Å². The summed E-state index contributed by atoms with van der Waals surface area (Å²) in [4.78, 5) is 23.1. The molecule has 0 rings (SSSR count). The number of unbranched alkanes of at least 4 members (excludes halogenated alkanes) is 24. The van der Waals surface area contributed by atoms with Gasteiger partial charge in [0.2, 0.25) is 0 Å². The van der Waals surface area contributed by atoms with Gasteiger partial charge in [0.05, 0.1) is 5.41 Å². The molecule has 0 aliphatic carbocycles. The van der Waals surface area contributed by atoms with E-state index in [-0.39, 0.29) is 5.92 Å². The van der Waals surface area contributed by atoms with E-state index in [2.05, 4.69) is 20.8 Å². The largest absolute Gasteiger partial charge is 0.481 e. The number of hydrogen-bond donors (Lipinski definition) is 2. The zero-order valence-corrected chi connectivity index (χ0v) is 28.7. The van der Waals surface area contributed by atoms with Gasteiger partial charge in [0.1, 0.15) is 0 Å². The lowest BCUT2D eigenvalue weighted by Crippen LogP contribution is -2.38. The number of rotatable bonds is 34. The second-order valence-corrected chi connectivity index (χ2v) is 13.6. The van der Waals surface area contributed by atoms with Crippen LogP contribution >= 0.6 is 0 Å². The van der Waals surface area contributed by atoms with Crippen molar-refractivity contribution in [1.29, 1.82) is 0 Å². The Morgan fingerprint density at radius 2 is 0.786 bits per heavy atom. The van der Waals surface area contributed by atoms with E-state index < -0.39 is 17.4 Å². The molecule has 0 aliphatic heterocycles. The molecule has 2 N–H and O–H groups in total. The van der Waals surface area contributed by atoms with Gasteiger partial charge < -0.3 is 10.2 Å². The maximum Gasteiger partial charge on any atom is 0.309 e. The first-order chi connectivity index (χ1) is 20.4. The molecule has 0 saturated heterocycles. The summed E-state index contributed by atoms with van der Waals surface area (Å²) >= 11 is 0. The van der Waals surface area contributed by atoms with E-state index in [1.54, 1.807) is 0 Å². The normalized spacial score (nSPS) is 12.5. The average Bonchev–Trinajstić information content (AvgIpc) is 2.96. The number of carboxylic acids is 2. The van der Waals surface area contributed by atoms with Crippen LogP contribution in [0.4, 0.5) is 0 Å². The topological polar surface area (TPSA) is 74.6 Å². The zero-order chi connectivity index (χ0) is 31.2. The lowest BCUT2D eigenvalue weighted by atomic mass is 9.67. The molecular weight excluding hydrogens is 520 g/mol. The van der Waals surface area contributed by atoms with Crippen LogP contribution in [0, 0.1) is 11.3 Å². The summed E-state index contributed by atoms with van der Waals surface area (Å²) in [6.45, 7) is 6.69. The molecule has 4 nitrogen and oxygen atoms in total. The molecule has 0 spiro atoms. The summed E-state index contributed by atoms with van der Waals surface area (Å²) in [6, 6.07) is 0. The van der Waals surface area contributed by atoms with Gasteiger partial charge >= 0.3 is 11.9 Å². The van der Waals surface area contributed by atoms with E-state index in [1.807, 2.05) is 0 Å². The maximum absolute atomic E-state index is 12.6. The minimum Gasteiger partial charge on any atom is -0.481 e. The van der Waals surface area contributed by atoms with Crippen LogP contribution in [0.5, 0.6) is 0 Å². The van der Waals surface area contributed by atoms with Crippen molar-refractivity contribution in [2.45, 2.75) is 220 Å². The first-order valence-electron chi connectivity index (χ1n) is 18.9. The molecule has 1 unspecified atom stereocenters. The minimum atomic E-state index is -0.662. The summed E-state index contributed by atoms with van der Waals surface area (Å²) < 4.78 is 0. The molecule has 0 amide bonds. The van der Waals surface area contributed by atoms with E-state index in [9.17, 15) is 14.7 Å². The van der Waals surface area contributed by atoms with Gasteiger partial charge in [0.25, 0.3) is 0 Å². The number of carboxylic acid groups (broad SMARTS) is 2. The minimum absolute atomic E-state index is 0.278. The van der Waals surface area contributed by atoms with Crippen LogP contribution in [-0.4, -0.2) is 22.2 Å². The van der Waals surface area contributed by atoms with Crippen molar-refractivity contribution in [1.82, 2.24) is 0 Å². The Balaban J connectivity index is 3.81. The Morgan fingerprint density at radius 3 is 1.10 bits per heavy atom. The third kappa shape index (κ3) is 23.4. The van der Waals surface area contributed by atoms with Crippen molar-refractivity contribution >= 4 is 11.9 Å². The maximum atomic E-state index is 12.6. The van der Waals surface area contributed by atoms with Crippen LogP contribution in [0.25, 0.3) is 0 Å². The molecule has 0 bridgehead atoms. The van der Waals surface area contributed by atoms with Gasteiger partial charge in [0, 0.05) is 6.42 Å². The smallest absolute Gasteiger partial charge is 0.309 e. The van der Waals surface area contributed by atoms with E-state index in [0.717, 1.165) is 44.9 Å². The molecule has 0 aliphatic rings. The molecule has 0 saturated carbocycles. The lowest BCUT2D eigenvalue weighted by Gasteiger charge is -2.36. The molecule has 0 radical (unpaired) electrons. The molecular formula is C38H74O4. The number of hydrogen-bond acceptors (Lipinski definition) is 2. The predicted octanol–water partition coefficient (Wildman–Crippen LogP) is 12.9. The highest BCUT2D eigenvalue weighted by Crippen LogP contribution is 2.42. The van der Waals surface area contributed by atoms with Crippen LogP contribution < -0.4 is 0 Å². The van der Waals surface area contributed by atoms with Crippen molar-refractivity contribution in [2.75, 3.05) is 0 Å². The van der Waals surface area contributed by atoms with Crippen LogP contribution in [0.1, 0.15) is 220 Å². The Morgan fingerprint density at radius 1 is 0.476 bits per heavy atom. The first kappa shape index (κ1) is 40.9. The van der Waals surface area contributed by atoms with Gasteiger partial charge in [0.15, 0.2) is 0 Å². The molecule has 0 heterocycles. The SMILES string of the molecule is CCCCCCC(CCCCCC)(C(=O)O)C(C)CCCCCCCCCCCCCCCCCCCCCC(=O)O. The Kier molecular flexibility index (Phi) is 29.2. The predicted molar refractivity (Wildman–Crippen MR) is 181 cm³/mol. The van der Waals surface area contributed by atoms with Gasteiger partial charge in [-0.15, -0.1) is 0 Å². The molecule has 0 fully saturated rings. The molecule has 0 aromatic carbocycles. The molecule has 42 heavy (non-hydrogen) atoms. The summed E-state index contributed by atoms with van der Waals surface area (Å²) in [5.41, 5.74) is -0.507. The van der Waals surface area contributed by atoms with Crippen LogP contribution in [0.3, 0.4) is 0 Å². The Hall–Kier alpha value is -1.06. The van der Waals surface area contributed by atoms with Gasteiger partial charge in [-0.2, -0.15) is 0 Å². The fraction of sp³-hybridized carbons (Fsp3) is 0.947. The van der Waals surface area contributed by atoms with Crippen molar-refractivity contribution in [3.8, 4) is 0 Å². The van der Waals surface area contributed by atoms with Gasteiger partial charge in [-0.05, 0) is 31.6 Å². The van der Waals surface area contributed by atoms with E-state index >= 15 is 0 Å². The average molecular weight is 595 g/mol. The monoisotopic (exact) mass is 595 g/mol. The summed E-state index contributed by atoms with van der Waals surface area (Å²) in [6.07, 6.45) is 37.0. The van der Waals surface area contributed by atoms with Gasteiger partial charge in [-0.1, -0.05) is 188 Å². The number of carbonyl (C=O) groups is 2. The standard InChI is InChI=1S/C38H74O4/c1-4-6-8-29-33-38(37(41)42,34-30-9-7-5-2)35(3)31-27-25-23-21-19-17-15-13-11-10-12-14-16-18-20-22-24-26-28-32-36(39)40/h35H,4-34H2,1-3H3,(H,39,40)(H,41,42). The van der Waals surface area contributed by atoms with Crippen molar-refractivity contribution in [3.05, 3.63) is 0 Å². The molecule has 0 aromatic heterocycles. The first-order valence-corrected chi connectivity index (χ1v) is 18.9. The zero-order valence-electron chi connectivity index (χ0n) is 28.7. The lowest BCUT2D eigenvalue weighted by molar-refractivity contribution is -0.154. The Bertz CT molecular complexity index is 590. The van der Waals surface area contributed by atoms with Crippen molar-refractivity contribution < 1.29 is 19.8 Å². The Labute approximate surface area is 262 Å². The summed E-state index contributed by atoms with van der Waals surface area (Å²) in [5, 5.41) is 19.0. The highest BCUT2D eigenvalue weighted by atomic mass is 16.4. The highest BCUT2D eigenvalue weighted by Gasteiger charge is 2.42. The second kappa shape index (κ2) is 30.0. The van der Waals surface area contributed by atoms with Crippen LogP contribution in [0.15, 0.2) is 0 Å².